The number of hydrogen-bond acceptors (Lipinski definition) is 6. The monoisotopic (exact) mass is 745 g/mol. The van der Waals surface area contributed by atoms with Crippen molar-refractivity contribution in [3.05, 3.63) is 0 Å². The number of thioether (sulfide) groups is 2. The zero-order valence-electron chi connectivity index (χ0n) is 32.8. The van der Waals surface area contributed by atoms with Crippen molar-refractivity contribution in [3.63, 3.8) is 0 Å². The van der Waals surface area contributed by atoms with E-state index in [1.807, 2.05) is 23.5 Å². The molecule has 10 heteroatoms. The zero-order valence-corrected chi connectivity index (χ0v) is 34.4. The number of amides is 2. The first-order chi connectivity index (χ1) is 24.5. The Morgan fingerprint density at radius 2 is 0.720 bits per heavy atom. The third-order valence-electron chi connectivity index (χ3n) is 10.0. The third-order valence-corrected chi connectivity index (χ3v) is 12.3. The van der Waals surface area contributed by atoms with Gasteiger partial charge in [-0.3, -0.25) is 0 Å². The van der Waals surface area contributed by atoms with Gasteiger partial charge in [-0.2, -0.15) is 23.5 Å². The lowest BCUT2D eigenvalue weighted by Crippen LogP contribution is -2.47. The van der Waals surface area contributed by atoms with Crippen LogP contribution in [0.5, 0.6) is 0 Å². The molecule has 1 aliphatic rings. The van der Waals surface area contributed by atoms with Crippen molar-refractivity contribution in [2.75, 3.05) is 88.5 Å². The van der Waals surface area contributed by atoms with Gasteiger partial charge < -0.3 is 29.8 Å². The van der Waals surface area contributed by atoms with Crippen LogP contribution >= 0.6 is 23.5 Å². The molecule has 0 aromatic rings. The highest BCUT2D eigenvalue weighted by Crippen LogP contribution is 2.15. The summed E-state index contributed by atoms with van der Waals surface area (Å²) < 4.78 is 0. The lowest BCUT2D eigenvalue weighted by molar-refractivity contribution is 0.114. The van der Waals surface area contributed by atoms with Gasteiger partial charge in [0.05, 0.1) is 0 Å². The number of unbranched alkanes of at least 4 members (excludes halogenated alkanes) is 16. The Morgan fingerprint density at radius 3 is 1.04 bits per heavy atom. The van der Waals surface area contributed by atoms with Crippen LogP contribution < -0.4 is 0 Å². The van der Waals surface area contributed by atoms with E-state index >= 15 is 0 Å². The molecule has 50 heavy (non-hydrogen) atoms. The SMILES string of the molecule is CCCCCCCCCCCSCCCN(CCCN1CCN(CCCN(CCCSCCCCCCCCCCC)C(=O)O)CC1)C(=O)O. The fourth-order valence-electron chi connectivity index (χ4n) is 6.76. The Hall–Kier alpha value is -0.840. The lowest BCUT2D eigenvalue weighted by atomic mass is 10.1. The summed E-state index contributed by atoms with van der Waals surface area (Å²) in [6.07, 6.45) is 26.5. The molecule has 0 aliphatic carbocycles. The molecule has 0 spiro atoms. The second-order valence-corrected chi connectivity index (χ2v) is 17.0. The highest BCUT2D eigenvalue weighted by Gasteiger charge is 2.18. The lowest BCUT2D eigenvalue weighted by Gasteiger charge is -2.35. The maximum absolute atomic E-state index is 11.8. The summed E-state index contributed by atoms with van der Waals surface area (Å²) in [7, 11) is 0. The van der Waals surface area contributed by atoms with Crippen LogP contribution in [0.4, 0.5) is 9.59 Å². The standard InChI is InChI=1S/C40H80N4O4S2/c1-3-5-7-9-11-13-15-17-19-35-49-37-23-29-43(39(45)46)27-21-25-41-31-33-42(34-32-41)26-22-28-44(40(47)48)30-24-38-50-36-20-18-16-14-12-10-8-6-4-2/h3-38H2,1-2H3,(H,45,46)(H,47,48). The molecule has 1 saturated heterocycles. The average Bonchev–Trinajstić information content (AvgIpc) is 3.11. The summed E-state index contributed by atoms with van der Waals surface area (Å²) in [6, 6.07) is 0. The van der Waals surface area contributed by atoms with Crippen LogP contribution in [-0.4, -0.2) is 130 Å². The van der Waals surface area contributed by atoms with Gasteiger partial charge in [-0.25, -0.2) is 9.59 Å². The van der Waals surface area contributed by atoms with Crippen molar-refractivity contribution < 1.29 is 19.8 Å². The van der Waals surface area contributed by atoms with E-state index in [0.29, 0.717) is 26.2 Å². The molecule has 0 atom stereocenters. The highest BCUT2D eigenvalue weighted by atomic mass is 32.2. The molecule has 1 rings (SSSR count). The van der Waals surface area contributed by atoms with Gasteiger partial charge in [-0.15, -0.1) is 0 Å². The molecule has 1 heterocycles. The fraction of sp³-hybridized carbons (Fsp3) is 0.950. The number of carboxylic acid groups (broad SMARTS) is 2. The summed E-state index contributed by atoms with van der Waals surface area (Å²) in [6.45, 7) is 12.9. The molecule has 0 bridgehead atoms. The van der Waals surface area contributed by atoms with Gasteiger partial charge in [0.25, 0.3) is 0 Å². The van der Waals surface area contributed by atoms with Gasteiger partial charge in [-0.05, 0) is 74.6 Å². The predicted octanol–water partition coefficient (Wildman–Crippen LogP) is 10.7. The van der Waals surface area contributed by atoms with Crippen LogP contribution in [0.25, 0.3) is 0 Å². The first-order valence-corrected chi connectivity index (χ1v) is 23.3. The van der Waals surface area contributed by atoms with Gasteiger partial charge in [0.15, 0.2) is 0 Å². The summed E-state index contributed by atoms with van der Waals surface area (Å²) in [5.74, 6) is 4.49. The van der Waals surface area contributed by atoms with E-state index in [9.17, 15) is 19.8 Å². The Bertz CT molecular complexity index is 712. The van der Waals surface area contributed by atoms with Gasteiger partial charge in [0, 0.05) is 52.4 Å². The zero-order chi connectivity index (χ0) is 36.3. The number of piperazine rings is 1. The molecule has 1 aliphatic heterocycles. The van der Waals surface area contributed by atoms with Gasteiger partial charge in [0.1, 0.15) is 0 Å². The largest absolute Gasteiger partial charge is 0.465 e. The number of hydrogen-bond donors (Lipinski definition) is 2. The summed E-state index contributed by atoms with van der Waals surface area (Å²) in [4.78, 5) is 31.7. The topological polar surface area (TPSA) is 87.6 Å². The average molecular weight is 745 g/mol. The third kappa shape index (κ3) is 28.7. The summed E-state index contributed by atoms with van der Waals surface area (Å²) in [5, 5.41) is 19.4. The maximum Gasteiger partial charge on any atom is 0.407 e. The second-order valence-electron chi connectivity index (χ2n) is 14.5. The molecule has 2 amide bonds. The molecule has 0 aromatic carbocycles. The van der Waals surface area contributed by atoms with E-state index in [1.165, 1.54) is 127 Å². The van der Waals surface area contributed by atoms with Crippen molar-refractivity contribution >= 4 is 35.7 Å². The van der Waals surface area contributed by atoms with E-state index in [4.69, 9.17) is 0 Å². The number of nitrogens with zero attached hydrogens (tertiary/aromatic N) is 4. The number of rotatable bonds is 36. The Balaban J connectivity index is 2.02. The van der Waals surface area contributed by atoms with Crippen LogP contribution in [0.2, 0.25) is 0 Å². The minimum atomic E-state index is -0.790. The van der Waals surface area contributed by atoms with Crippen molar-refractivity contribution in [2.24, 2.45) is 0 Å². The fourth-order valence-corrected chi connectivity index (χ4v) is 8.65. The van der Waals surface area contributed by atoms with Crippen LogP contribution in [-0.2, 0) is 0 Å². The minimum absolute atomic E-state index is 0.612. The first-order valence-electron chi connectivity index (χ1n) is 21.0. The van der Waals surface area contributed by atoms with E-state index < -0.39 is 12.2 Å². The highest BCUT2D eigenvalue weighted by molar-refractivity contribution is 7.99. The Labute approximate surface area is 317 Å². The Kier molecular flexibility index (Phi) is 33.2. The minimum Gasteiger partial charge on any atom is -0.465 e. The van der Waals surface area contributed by atoms with E-state index in [1.54, 1.807) is 9.80 Å². The van der Waals surface area contributed by atoms with Crippen molar-refractivity contribution in [2.45, 2.75) is 155 Å². The maximum atomic E-state index is 11.8. The molecule has 0 radical (unpaired) electrons. The normalized spacial score (nSPS) is 14.0. The quantitative estimate of drug-likeness (QED) is 0.0613. The van der Waals surface area contributed by atoms with Gasteiger partial charge in [0.2, 0.25) is 0 Å². The van der Waals surface area contributed by atoms with Gasteiger partial charge >= 0.3 is 12.2 Å². The molecule has 0 saturated carbocycles. The molecule has 8 nitrogen and oxygen atoms in total. The Morgan fingerprint density at radius 1 is 0.440 bits per heavy atom. The smallest absolute Gasteiger partial charge is 0.407 e. The second kappa shape index (κ2) is 35.2. The van der Waals surface area contributed by atoms with Crippen LogP contribution in [0.3, 0.4) is 0 Å². The van der Waals surface area contributed by atoms with Crippen molar-refractivity contribution in [1.82, 2.24) is 19.6 Å². The molecular weight excluding hydrogens is 665 g/mol. The van der Waals surface area contributed by atoms with Crippen LogP contribution in [0.15, 0.2) is 0 Å². The molecule has 0 aromatic heterocycles. The summed E-state index contributed by atoms with van der Waals surface area (Å²) in [5.41, 5.74) is 0. The molecule has 2 N–H and O–H groups in total. The van der Waals surface area contributed by atoms with Crippen molar-refractivity contribution in [1.29, 1.82) is 0 Å². The van der Waals surface area contributed by atoms with Gasteiger partial charge in [-0.1, -0.05) is 117 Å². The van der Waals surface area contributed by atoms with E-state index in [0.717, 1.165) is 76.5 Å². The molecule has 296 valence electrons. The van der Waals surface area contributed by atoms with Crippen molar-refractivity contribution in [3.8, 4) is 0 Å². The molecule has 0 unspecified atom stereocenters. The molecule has 1 fully saturated rings. The number of carbonyl (C=O) groups is 2. The first kappa shape index (κ1) is 47.2. The van der Waals surface area contributed by atoms with Crippen LogP contribution in [0.1, 0.15) is 155 Å². The van der Waals surface area contributed by atoms with E-state index in [-0.39, 0.29) is 0 Å². The predicted molar refractivity (Wildman–Crippen MR) is 220 cm³/mol. The molecular formula is C40H80N4O4S2. The van der Waals surface area contributed by atoms with Crippen LogP contribution in [0, 0.1) is 0 Å². The summed E-state index contributed by atoms with van der Waals surface area (Å²) >= 11 is 3.96. The van der Waals surface area contributed by atoms with E-state index in [2.05, 4.69) is 23.6 Å².